The summed E-state index contributed by atoms with van der Waals surface area (Å²) in [4.78, 5) is 29.4. The molecule has 1 aliphatic rings. The highest BCUT2D eigenvalue weighted by atomic mass is 16.6. The van der Waals surface area contributed by atoms with E-state index in [1.807, 2.05) is 0 Å². The standard InChI is InChI=1S/C15H21N3O4/c1-9-11(17-14(20)22-15(2,3)4)13(19)18(5)12-10(21-9)7-6-8-16-12/h6-9,11H,1-5H3,(H,17,20)/t9-,11+/m1/s1/i5D3. The summed E-state index contributed by atoms with van der Waals surface area (Å²) in [5.41, 5.74) is -0.768. The molecule has 1 N–H and O–H groups in total. The van der Waals surface area contributed by atoms with Crippen molar-refractivity contribution in [3.63, 3.8) is 0 Å². The van der Waals surface area contributed by atoms with E-state index in [1.165, 1.54) is 12.3 Å². The molecule has 120 valence electrons. The number of nitrogens with one attached hydrogen (secondary N) is 1. The fourth-order valence-electron chi connectivity index (χ4n) is 1.97. The van der Waals surface area contributed by atoms with Gasteiger partial charge in [0.05, 0.1) is 0 Å². The van der Waals surface area contributed by atoms with Gasteiger partial charge in [0.15, 0.2) is 11.6 Å². The van der Waals surface area contributed by atoms with Gasteiger partial charge in [-0.1, -0.05) is 0 Å². The van der Waals surface area contributed by atoms with Crippen LogP contribution in [-0.2, 0) is 9.53 Å². The number of anilines is 1. The van der Waals surface area contributed by atoms with Crippen LogP contribution in [0, 0.1) is 0 Å². The molecule has 7 heteroatoms. The second-order valence-electron chi connectivity index (χ2n) is 5.95. The molecule has 0 fully saturated rings. The molecule has 0 spiro atoms. The van der Waals surface area contributed by atoms with Crippen LogP contribution in [0.2, 0.25) is 0 Å². The fourth-order valence-corrected chi connectivity index (χ4v) is 1.97. The number of pyridine rings is 1. The van der Waals surface area contributed by atoms with E-state index in [-0.39, 0.29) is 11.6 Å². The molecule has 0 radical (unpaired) electrons. The van der Waals surface area contributed by atoms with E-state index >= 15 is 0 Å². The molecule has 0 saturated carbocycles. The fraction of sp³-hybridized carbons (Fsp3) is 0.533. The predicted molar refractivity (Wildman–Crippen MR) is 80.9 cm³/mol. The summed E-state index contributed by atoms with van der Waals surface area (Å²) in [6.45, 7) is 3.79. The summed E-state index contributed by atoms with van der Waals surface area (Å²) in [6.07, 6.45) is -0.304. The highest BCUT2D eigenvalue weighted by molar-refractivity contribution is 5.99. The van der Waals surface area contributed by atoms with Crippen LogP contribution in [0.5, 0.6) is 5.75 Å². The van der Waals surface area contributed by atoms with Crippen molar-refractivity contribution >= 4 is 17.8 Å². The van der Waals surface area contributed by atoms with Crippen molar-refractivity contribution < 1.29 is 23.2 Å². The van der Waals surface area contributed by atoms with Crippen LogP contribution >= 0.6 is 0 Å². The van der Waals surface area contributed by atoms with E-state index in [9.17, 15) is 9.59 Å². The largest absolute Gasteiger partial charge is 0.484 e. The summed E-state index contributed by atoms with van der Waals surface area (Å²) < 4.78 is 33.8. The zero-order chi connectivity index (χ0) is 19.0. The van der Waals surface area contributed by atoms with E-state index in [2.05, 4.69) is 10.3 Å². The number of likely N-dealkylation sites (N-methyl/N-ethyl adjacent to an activating group) is 1. The molecule has 0 aromatic carbocycles. The molecule has 2 amide bonds. The van der Waals surface area contributed by atoms with Crippen LogP contribution in [0.3, 0.4) is 0 Å². The van der Waals surface area contributed by atoms with E-state index < -0.39 is 36.7 Å². The van der Waals surface area contributed by atoms with Gasteiger partial charge in [-0.25, -0.2) is 9.78 Å². The molecule has 1 aromatic rings. The Morgan fingerprint density at radius 1 is 1.55 bits per heavy atom. The lowest BCUT2D eigenvalue weighted by Crippen LogP contribution is -2.54. The number of ether oxygens (including phenoxy) is 2. The average molecular weight is 310 g/mol. The first-order chi connectivity index (χ1) is 11.4. The summed E-state index contributed by atoms with van der Waals surface area (Å²) in [7, 11) is 0. The molecule has 0 unspecified atom stereocenters. The van der Waals surface area contributed by atoms with Gasteiger partial charge in [0.25, 0.3) is 5.91 Å². The number of hydrogen-bond acceptors (Lipinski definition) is 5. The monoisotopic (exact) mass is 310 g/mol. The van der Waals surface area contributed by atoms with Crippen molar-refractivity contribution in [2.75, 3.05) is 11.9 Å². The Morgan fingerprint density at radius 2 is 2.27 bits per heavy atom. The lowest BCUT2D eigenvalue weighted by molar-refractivity contribution is -0.121. The normalized spacial score (nSPS) is 24.1. The lowest BCUT2D eigenvalue weighted by atomic mass is 10.1. The Morgan fingerprint density at radius 3 is 2.91 bits per heavy atom. The van der Waals surface area contributed by atoms with Gasteiger partial charge in [0, 0.05) is 17.3 Å². The third kappa shape index (κ3) is 3.47. The van der Waals surface area contributed by atoms with Crippen molar-refractivity contribution in [1.82, 2.24) is 10.3 Å². The zero-order valence-corrected chi connectivity index (χ0v) is 12.9. The number of fused-ring (bicyclic) bond motifs is 1. The molecular weight excluding hydrogens is 286 g/mol. The van der Waals surface area contributed by atoms with Crippen molar-refractivity contribution in [2.45, 2.75) is 45.4 Å². The second-order valence-corrected chi connectivity index (χ2v) is 5.95. The number of nitrogens with zero attached hydrogens (tertiary/aromatic N) is 2. The minimum absolute atomic E-state index is 0.118. The van der Waals surface area contributed by atoms with Crippen LogP contribution in [0.25, 0.3) is 0 Å². The van der Waals surface area contributed by atoms with Crippen molar-refractivity contribution in [3.8, 4) is 5.75 Å². The summed E-state index contributed by atoms with van der Waals surface area (Å²) in [5, 5.41) is 2.40. The Bertz CT molecular complexity index is 673. The molecule has 2 rings (SSSR count). The van der Waals surface area contributed by atoms with Gasteiger partial charge in [-0.15, -0.1) is 0 Å². The topological polar surface area (TPSA) is 80.8 Å². The Hall–Kier alpha value is -2.31. The quantitative estimate of drug-likeness (QED) is 0.854. The van der Waals surface area contributed by atoms with Gasteiger partial charge in [-0.3, -0.25) is 9.69 Å². The highest BCUT2D eigenvalue weighted by Crippen LogP contribution is 2.29. The third-order valence-electron chi connectivity index (χ3n) is 2.90. The molecule has 2 atom stereocenters. The molecule has 0 saturated heterocycles. The average Bonchev–Trinajstić information content (AvgIpc) is 2.52. The number of carbonyl (C=O) groups is 2. The maximum Gasteiger partial charge on any atom is 0.408 e. The molecule has 2 heterocycles. The van der Waals surface area contributed by atoms with Crippen molar-refractivity contribution in [2.24, 2.45) is 0 Å². The third-order valence-corrected chi connectivity index (χ3v) is 2.90. The predicted octanol–water partition coefficient (Wildman–Crippen LogP) is 1.72. The van der Waals surface area contributed by atoms with Gasteiger partial charge >= 0.3 is 6.09 Å². The van der Waals surface area contributed by atoms with Crippen molar-refractivity contribution in [3.05, 3.63) is 18.3 Å². The maximum atomic E-state index is 12.8. The lowest BCUT2D eigenvalue weighted by Gasteiger charge is -2.26. The number of rotatable bonds is 1. The smallest absolute Gasteiger partial charge is 0.408 e. The second kappa shape index (κ2) is 5.82. The van der Waals surface area contributed by atoms with Gasteiger partial charge in [-0.05, 0) is 39.8 Å². The molecule has 0 bridgehead atoms. The van der Waals surface area contributed by atoms with Crippen LogP contribution in [0.1, 0.15) is 31.8 Å². The van der Waals surface area contributed by atoms with Gasteiger partial charge in [-0.2, -0.15) is 0 Å². The molecule has 1 aliphatic heterocycles. The number of amides is 2. The van der Waals surface area contributed by atoms with Crippen LogP contribution in [0.15, 0.2) is 18.3 Å². The van der Waals surface area contributed by atoms with E-state index in [0.717, 1.165) is 0 Å². The first kappa shape index (κ1) is 12.3. The Labute approximate surface area is 133 Å². The molecular formula is C15H21N3O4. The number of hydrogen-bond donors (Lipinski definition) is 1. The van der Waals surface area contributed by atoms with Gasteiger partial charge in [0.1, 0.15) is 17.7 Å². The molecule has 1 aromatic heterocycles. The molecule has 7 nitrogen and oxygen atoms in total. The molecule has 0 aliphatic carbocycles. The number of carbonyl (C=O) groups excluding carboxylic acids is 2. The van der Waals surface area contributed by atoms with E-state index in [4.69, 9.17) is 13.6 Å². The first-order valence-electron chi connectivity index (χ1n) is 8.35. The van der Waals surface area contributed by atoms with Crippen LogP contribution < -0.4 is 15.0 Å². The van der Waals surface area contributed by atoms with Crippen molar-refractivity contribution in [1.29, 1.82) is 0 Å². The Kier molecular flexibility index (Phi) is 3.24. The minimum atomic E-state index is -2.79. The van der Waals surface area contributed by atoms with Crippen LogP contribution in [-0.4, -0.2) is 41.7 Å². The van der Waals surface area contributed by atoms with Crippen LogP contribution in [0.4, 0.5) is 10.6 Å². The summed E-state index contributed by atoms with van der Waals surface area (Å²) in [6, 6.07) is 1.83. The highest BCUT2D eigenvalue weighted by Gasteiger charge is 2.37. The van der Waals surface area contributed by atoms with Gasteiger partial charge in [0.2, 0.25) is 0 Å². The number of aromatic nitrogens is 1. The maximum absolute atomic E-state index is 12.8. The molecule has 22 heavy (non-hydrogen) atoms. The van der Waals surface area contributed by atoms with E-state index in [0.29, 0.717) is 4.90 Å². The van der Waals surface area contributed by atoms with Gasteiger partial charge < -0.3 is 14.8 Å². The number of alkyl carbamates (subject to hydrolysis) is 1. The first-order valence-corrected chi connectivity index (χ1v) is 6.85. The summed E-state index contributed by atoms with van der Waals surface area (Å²) >= 11 is 0. The zero-order valence-electron chi connectivity index (χ0n) is 15.9. The SMILES string of the molecule is [2H]C([2H])([2H])N1C(=O)[C@@H](NC(=O)OC(C)(C)C)[C@@H](C)Oc2cccnc21. The Balaban J connectivity index is 2.38. The summed E-state index contributed by atoms with van der Waals surface area (Å²) in [5.74, 6) is -0.823. The van der Waals surface area contributed by atoms with E-state index in [1.54, 1.807) is 33.8 Å². The minimum Gasteiger partial charge on any atom is -0.484 e.